The summed E-state index contributed by atoms with van der Waals surface area (Å²) in [6.45, 7) is 7.58. The number of benzene rings is 1. The van der Waals surface area contributed by atoms with Gasteiger partial charge in [-0.1, -0.05) is 19.9 Å². The Balaban J connectivity index is 1.62. The second-order valence-electron chi connectivity index (χ2n) is 9.78. The molecule has 4 heterocycles. The summed E-state index contributed by atoms with van der Waals surface area (Å²) < 4.78 is 25.8. The van der Waals surface area contributed by atoms with Crippen LogP contribution in [0.3, 0.4) is 0 Å². The fourth-order valence-electron chi connectivity index (χ4n) is 5.16. The minimum absolute atomic E-state index is 0.0940. The average molecular weight is 483 g/mol. The molecule has 0 aliphatic carbocycles. The Kier molecular flexibility index (Phi) is 6.43. The Morgan fingerprint density at radius 2 is 2.00 bits per heavy atom. The molecular weight excluding hydrogens is 451 g/mol. The van der Waals surface area contributed by atoms with Crippen LogP contribution in [0.4, 0.5) is 10.3 Å². The van der Waals surface area contributed by atoms with Crippen molar-refractivity contribution in [2.24, 2.45) is 0 Å². The van der Waals surface area contributed by atoms with Gasteiger partial charge in [-0.15, -0.1) is 0 Å². The zero-order chi connectivity index (χ0) is 24.7. The van der Waals surface area contributed by atoms with Gasteiger partial charge in [0.25, 0.3) is 0 Å². The molecule has 186 valence electrons. The summed E-state index contributed by atoms with van der Waals surface area (Å²) in [6.07, 6.45) is 3.32. The van der Waals surface area contributed by atoms with Crippen molar-refractivity contribution in [2.75, 3.05) is 31.7 Å². The van der Waals surface area contributed by atoms with Crippen LogP contribution < -0.4 is 5.32 Å². The largest absolute Gasteiger partial charge is 0.389 e. The van der Waals surface area contributed by atoms with Crippen LogP contribution in [0, 0.1) is 12.7 Å². The topological polar surface area (TPSA) is 110 Å². The third-order valence-electron chi connectivity index (χ3n) is 7.05. The fourth-order valence-corrected chi connectivity index (χ4v) is 5.16. The highest BCUT2D eigenvalue weighted by molar-refractivity contribution is 5.92. The smallest absolute Gasteiger partial charge is 0.223 e. The quantitative estimate of drug-likeness (QED) is 0.508. The zero-order valence-corrected chi connectivity index (χ0v) is 20.2. The number of aromatic nitrogens is 3. The number of ether oxygens (including phenoxy) is 2. The van der Waals surface area contributed by atoms with Crippen molar-refractivity contribution in [3.05, 3.63) is 47.0 Å². The van der Waals surface area contributed by atoms with E-state index in [-0.39, 0.29) is 36.8 Å². The highest BCUT2D eigenvalue weighted by Crippen LogP contribution is 2.41. The number of aryl methyl sites for hydroxylation is 1. The van der Waals surface area contributed by atoms with Gasteiger partial charge in [0.2, 0.25) is 5.95 Å². The normalized spacial score (nSPS) is 24.9. The van der Waals surface area contributed by atoms with E-state index in [1.54, 1.807) is 6.20 Å². The van der Waals surface area contributed by atoms with Gasteiger partial charge in [-0.2, -0.15) is 0 Å². The lowest BCUT2D eigenvalue weighted by Gasteiger charge is -2.28. The number of aliphatic hydroxyl groups is 2. The number of hydrogen-bond donors (Lipinski definition) is 3. The molecule has 3 N–H and O–H groups in total. The molecule has 0 spiro atoms. The summed E-state index contributed by atoms with van der Waals surface area (Å²) >= 11 is 0. The molecule has 0 saturated carbocycles. The van der Waals surface area contributed by atoms with Gasteiger partial charge in [0.15, 0.2) is 5.82 Å². The molecule has 0 bridgehead atoms. The van der Waals surface area contributed by atoms with E-state index in [0.717, 1.165) is 33.8 Å². The van der Waals surface area contributed by atoms with Crippen molar-refractivity contribution >= 4 is 16.9 Å². The molecule has 0 unspecified atom stereocenters. The van der Waals surface area contributed by atoms with Crippen LogP contribution in [0.1, 0.15) is 49.3 Å². The third-order valence-corrected chi connectivity index (χ3v) is 7.05. The number of nitrogens with one attached hydrogen (secondary N) is 1. The first-order valence-corrected chi connectivity index (χ1v) is 12.1. The summed E-state index contributed by atoms with van der Waals surface area (Å²) in [4.78, 5) is 13.2. The lowest BCUT2D eigenvalue weighted by Crippen LogP contribution is -2.42. The van der Waals surface area contributed by atoms with Crippen molar-refractivity contribution in [1.29, 1.82) is 0 Å². The van der Waals surface area contributed by atoms with E-state index in [1.165, 1.54) is 0 Å². The van der Waals surface area contributed by atoms with E-state index in [2.05, 4.69) is 34.1 Å². The highest BCUT2D eigenvalue weighted by Gasteiger charge is 2.38. The maximum atomic E-state index is 15.0. The Labute approximate surface area is 203 Å². The maximum Gasteiger partial charge on any atom is 0.223 e. The number of anilines is 1. The van der Waals surface area contributed by atoms with Crippen molar-refractivity contribution in [3.8, 4) is 11.3 Å². The molecule has 2 saturated heterocycles. The van der Waals surface area contributed by atoms with Crippen molar-refractivity contribution in [3.63, 3.8) is 0 Å². The molecule has 5 rings (SSSR count). The van der Waals surface area contributed by atoms with Crippen molar-refractivity contribution < 1.29 is 24.1 Å². The monoisotopic (exact) mass is 482 g/mol. The Hall–Kier alpha value is -2.72. The number of nitrogens with zero attached hydrogens (tertiary/aromatic N) is 3. The predicted molar refractivity (Wildman–Crippen MR) is 130 cm³/mol. The Morgan fingerprint density at radius 3 is 2.71 bits per heavy atom. The van der Waals surface area contributed by atoms with Crippen LogP contribution >= 0.6 is 0 Å². The SMILES string of the molecule is Cc1c(-c2nc(N[C@@H]3CCOC[C@H]3O)ncc2F)ccc2ncc([C@]3(O)CCOC3)c(C(C)C)c12. The van der Waals surface area contributed by atoms with Gasteiger partial charge in [0.1, 0.15) is 11.3 Å². The molecular formula is C26H31FN4O4. The van der Waals surface area contributed by atoms with Gasteiger partial charge in [0.05, 0.1) is 37.1 Å². The predicted octanol–water partition coefficient (Wildman–Crippen LogP) is 3.43. The van der Waals surface area contributed by atoms with E-state index < -0.39 is 17.5 Å². The molecule has 2 aliphatic heterocycles. The van der Waals surface area contributed by atoms with E-state index in [4.69, 9.17) is 9.47 Å². The number of hydrogen-bond acceptors (Lipinski definition) is 8. The van der Waals surface area contributed by atoms with Gasteiger partial charge in [-0.05, 0) is 36.5 Å². The molecule has 2 aromatic heterocycles. The minimum Gasteiger partial charge on any atom is -0.389 e. The lowest BCUT2D eigenvalue weighted by atomic mass is 9.82. The minimum atomic E-state index is -1.09. The van der Waals surface area contributed by atoms with E-state index in [0.29, 0.717) is 31.6 Å². The molecule has 2 fully saturated rings. The van der Waals surface area contributed by atoms with E-state index in [1.807, 2.05) is 19.1 Å². The molecule has 1 aromatic carbocycles. The molecule has 3 atom stereocenters. The summed E-state index contributed by atoms with van der Waals surface area (Å²) in [7, 11) is 0. The molecule has 3 aromatic rings. The van der Waals surface area contributed by atoms with Crippen molar-refractivity contribution in [2.45, 2.75) is 57.3 Å². The first kappa shape index (κ1) is 24.0. The molecule has 0 amide bonds. The Bertz CT molecular complexity index is 1250. The van der Waals surface area contributed by atoms with E-state index >= 15 is 4.39 Å². The lowest BCUT2D eigenvalue weighted by molar-refractivity contribution is -0.0136. The Morgan fingerprint density at radius 1 is 1.17 bits per heavy atom. The van der Waals surface area contributed by atoms with Crippen LogP contribution in [0.15, 0.2) is 24.5 Å². The second-order valence-corrected chi connectivity index (χ2v) is 9.78. The fraction of sp³-hybridized carbons (Fsp3) is 0.500. The third kappa shape index (κ3) is 4.38. The van der Waals surface area contributed by atoms with Gasteiger partial charge in [-0.25, -0.2) is 14.4 Å². The highest BCUT2D eigenvalue weighted by atomic mass is 19.1. The molecule has 2 aliphatic rings. The summed E-state index contributed by atoms with van der Waals surface area (Å²) in [5.74, 6) is -0.194. The maximum absolute atomic E-state index is 15.0. The van der Waals surface area contributed by atoms with Crippen LogP contribution in [-0.2, 0) is 15.1 Å². The summed E-state index contributed by atoms with van der Waals surface area (Å²) in [5.41, 5.74) is 3.06. The summed E-state index contributed by atoms with van der Waals surface area (Å²) in [6, 6.07) is 3.41. The van der Waals surface area contributed by atoms with Crippen molar-refractivity contribution in [1.82, 2.24) is 15.0 Å². The van der Waals surface area contributed by atoms with Gasteiger partial charge in [0, 0.05) is 42.3 Å². The first-order valence-electron chi connectivity index (χ1n) is 12.1. The number of pyridine rings is 1. The van der Waals surface area contributed by atoms with Crippen LogP contribution in [0.5, 0.6) is 0 Å². The number of fused-ring (bicyclic) bond motifs is 1. The van der Waals surface area contributed by atoms with Crippen LogP contribution in [-0.4, -0.2) is 63.7 Å². The van der Waals surface area contributed by atoms with Crippen LogP contribution in [0.2, 0.25) is 0 Å². The van der Waals surface area contributed by atoms with Gasteiger partial charge in [-0.3, -0.25) is 4.98 Å². The van der Waals surface area contributed by atoms with Crippen LogP contribution in [0.25, 0.3) is 22.2 Å². The molecule has 0 radical (unpaired) electrons. The first-order chi connectivity index (χ1) is 16.8. The molecule has 35 heavy (non-hydrogen) atoms. The van der Waals surface area contributed by atoms with E-state index in [9.17, 15) is 10.2 Å². The molecule has 9 heteroatoms. The van der Waals surface area contributed by atoms with Gasteiger partial charge < -0.3 is 25.0 Å². The standard InChI is InChI=1S/C26H31FN4O4/c1-14(2)22-17(26(33)7-9-35-13-26)10-28-20-5-4-16(15(3)23(20)22)24-18(27)11-29-25(31-24)30-19-6-8-34-12-21(19)32/h4-5,10-11,14,19,21,32-33H,6-9,12-13H2,1-3H3,(H,29,30,31)/t19-,21-,26+/m1/s1. The zero-order valence-electron chi connectivity index (χ0n) is 20.2. The summed E-state index contributed by atoms with van der Waals surface area (Å²) in [5, 5.41) is 25.5. The number of halogens is 1. The number of rotatable bonds is 5. The number of aliphatic hydroxyl groups excluding tert-OH is 1. The van der Waals surface area contributed by atoms with Gasteiger partial charge >= 0.3 is 0 Å². The second kappa shape index (κ2) is 9.39. The average Bonchev–Trinajstić information content (AvgIpc) is 3.29. The molecule has 8 nitrogen and oxygen atoms in total.